The third kappa shape index (κ3) is 3.40. The first-order chi connectivity index (χ1) is 16.2. The average molecular weight is 473 g/mol. The molecule has 3 aliphatic rings. The number of rotatable bonds is 8. The van der Waals surface area contributed by atoms with Crippen LogP contribution in [0.4, 0.5) is 11.4 Å². The number of aliphatic hydroxyl groups is 1. The zero-order valence-corrected chi connectivity index (χ0v) is 20.6. The number of nitrogens with zero attached hydrogens (tertiary/aromatic N) is 2. The minimum Gasteiger partial charge on any atom is -0.395 e. The van der Waals surface area contributed by atoms with Crippen molar-refractivity contribution in [3.8, 4) is 0 Å². The van der Waals surface area contributed by atoms with Gasteiger partial charge in [-0.3, -0.25) is 14.4 Å². The Labute approximate surface area is 200 Å². The van der Waals surface area contributed by atoms with Crippen molar-refractivity contribution in [2.75, 3.05) is 43.5 Å². The van der Waals surface area contributed by atoms with E-state index in [1.807, 2.05) is 38.1 Å². The molecule has 0 radical (unpaired) electrons. The van der Waals surface area contributed by atoms with E-state index in [1.54, 1.807) is 7.05 Å². The summed E-state index contributed by atoms with van der Waals surface area (Å²) in [4.78, 5) is 43.7. The molecule has 0 aliphatic carbocycles. The second kappa shape index (κ2) is 8.85. The summed E-state index contributed by atoms with van der Waals surface area (Å²) in [6.45, 7) is 9.54. The topological polar surface area (TPSA) is 111 Å². The zero-order valence-electron chi connectivity index (χ0n) is 20.6. The second-order valence-corrected chi connectivity index (χ2v) is 9.78. The van der Waals surface area contributed by atoms with Crippen LogP contribution in [-0.2, 0) is 19.1 Å². The van der Waals surface area contributed by atoms with E-state index in [2.05, 4.69) is 29.4 Å². The normalized spacial score (nSPS) is 33.7. The zero-order chi connectivity index (χ0) is 24.8. The molecule has 0 saturated carbocycles. The van der Waals surface area contributed by atoms with Gasteiger partial charge in [-0.2, -0.15) is 0 Å². The molecule has 1 aromatic carbocycles. The molecule has 3 fully saturated rings. The molecule has 3 amide bonds. The van der Waals surface area contributed by atoms with Crippen molar-refractivity contribution < 1.29 is 24.2 Å². The summed E-state index contributed by atoms with van der Waals surface area (Å²) in [7, 11) is 1.55. The molecule has 3 heterocycles. The molecule has 0 aromatic heterocycles. The first kappa shape index (κ1) is 24.5. The molecule has 9 heteroatoms. The highest BCUT2D eigenvalue weighted by molar-refractivity contribution is 6.03. The number of ether oxygens (including phenoxy) is 1. The number of amides is 3. The van der Waals surface area contributed by atoms with Crippen LogP contribution in [0.25, 0.3) is 0 Å². The smallest absolute Gasteiger partial charge is 0.250 e. The van der Waals surface area contributed by atoms with Crippen LogP contribution in [0.2, 0.25) is 0 Å². The summed E-state index contributed by atoms with van der Waals surface area (Å²) in [5.41, 5.74) is -0.266. The number of fused-ring (bicyclic) bond motifs is 1. The molecule has 6 atom stereocenters. The van der Waals surface area contributed by atoms with E-state index in [0.717, 1.165) is 18.8 Å². The van der Waals surface area contributed by atoms with Crippen molar-refractivity contribution in [2.45, 2.75) is 51.4 Å². The second-order valence-electron chi connectivity index (χ2n) is 9.78. The number of hydrogen-bond acceptors (Lipinski definition) is 6. The Kier molecular flexibility index (Phi) is 6.37. The molecule has 2 bridgehead atoms. The third-order valence-corrected chi connectivity index (χ3v) is 8.20. The van der Waals surface area contributed by atoms with Crippen LogP contribution in [0, 0.1) is 17.8 Å². The largest absolute Gasteiger partial charge is 0.395 e. The maximum absolute atomic E-state index is 13.7. The van der Waals surface area contributed by atoms with Crippen LogP contribution in [0.5, 0.6) is 0 Å². The Balaban J connectivity index is 1.67. The van der Waals surface area contributed by atoms with Gasteiger partial charge in [-0.05, 0) is 57.4 Å². The lowest BCUT2D eigenvalue weighted by Crippen LogP contribution is -2.54. The average Bonchev–Trinajstić information content (AvgIpc) is 3.32. The number of anilines is 2. The van der Waals surface area contributed by atoms with E-state index in [9.17, 15) is 19.5 Å². The van der Waals surface area contributed by atoms with Gasteiger partial charge in [0.2, 0.25) is 17.7 Å². The summed E-state index contributed by atoms with van der Waals surface area (Å²) in [5.74, 6) is -2.41. The number of β-amino-alcohol motifs (C(OH)–C–C–N with tert-alkyl or cyclic N) is 1. The highest BCUT2D eigenvalue weighted by Crippen LogP contribution is 2.65. The monoisotopic (exact) mass is 472 g/mol. The summed E-state index contributed by atoms with van der Waals surface area (Å²) in [6, 6.07) is 6.67. The van der Waals surface area contributed by atoms with Crippen LogP contribution in [0.3, 0.4) is 0 Å². The van der Waals surface area contributed by atoms with E-state index < -0.39 is 29.1 Å². The van der Waals surface area contributed by atoms with Crippen molar-refractivity contribution in [3.63, 3.8) is 0 Å². The quantitative estimate of drug-likeness (QED) is 0.525. The molecule has 4 rings (SSSR count). The maximum Gasteiger partial charge on any atom is 0.250 e. The number of carbonyl (C=O) groups is 3. The lowest BCUT2D eigenvalue weighted by atomic mass is 9.62. The van der Waals surface area contributed by atoms with Gasteiger partial charge in [0.15, 0.2) is 0 Å². The molecule has 186 valence electrons. The Bertz CT molecular complexity index is 965. The fraction of sp³-hybridized carbons (Fsp3) is 0.640. The van der Waals surface area contributed by atoms with Gasteiger partial charge in [0.1, 0.15) is 11.6 Å². The number of benzene rings is 1. The fourth-order valence-corrected chi connectivity index (χ4v) is 6.50. The van der Waals surface area contributed by atoms with Gasteiger partial charge >= 0.3 is 0 Å². The van der Waals surface area contributed by atoms with E-state index >= 15 is 0 Å². The van der Waals surface area contributed by atoms with Gasteiger partial charge in [-0.15, -0.1) is 0 Å². The Morgan fingerprint density at radius 2 is 1.85 bits per heavy atom. The van der Waals surface area contributed by atoms with Gasteiger partial charge in [0.25, 0.3) is 0 Å². The van der Waals surface area contributed by atoms with Crippen molar-refractivity contribution in [1.82, 2.24) is 10.2 Å². The van der Waals surface area contributed by atoms with Gasteiger partial charge in [-0.25, -0.2) is 0 Å². The van der Waals surface area contributed by atoms with Crippen LogP contribution in [0.15, 0.2) is 24.3 Å². The third-order valence-electron chi connectivity index (χ3n) is 8.20. The molecule has 3 unspecified atom stereocenters. The van der Waals surface area contributed by atoms with E-state index in [-0.39, 0.29) is 36.8 Å². The van der Waals surface area contributed by atoms with Gasteiger partial charge < -0.3 is 30.3 Å². The van der Waals surface area contributed by atoms with E-state index in [1.165, 1.54) is 4.90 Å². The standard InChI is InChI=1S/C25H36N4O5/c1-6-28(7-2)17-10-8-16(9-11-17)27-22(32)20-25-14-15(3)24(4,34-25)18(21(31)26-5)19(25)23(33)29(20)12-13-30/h8-11,15,18-20,30H,6-7,12-14H2,1-5H3,(H,26,31)(H,27,32)/t15?,18-,19-,20?,24+,25?/m0/s1. The predicted molar refractivity (Wildman–Crippen MR) is 128 cm³/mol. The van der Waals surface area contributed by atoms with Crippen LogP contribution in [0.1, 0.15) is 34.1 Å². The molecule has 1 spiro atoms. The van der Waals surface area contributed by atoms with Crippen LogP contribution >= 0.6 is 0 Å². The lowest BCUT2D eigenvalue weighted by Gasteiger charge is -2.36. The Morgan fingerprint density at radius 3 is 2.41 bits per heavy atom. The van der Waals surface area contributed by atoms with Crippen molar-refractivity contribution in [3.05, 3.63) is 24.3 Å². The van der Waals surface area contributed by atoms with Gasteiger partial charge in [0.05, 0.1) is 24.0 Å². The molecule has 1 aromatic rings. The summed E-state index contributed by atoms with van der Waals surface area (Å²) >= 11 is 0. The molecule has 34 heavy (non-hydrogen) atoms. The molecule has 3 saturated heterocycles. The predicted octanol–water partition coefficient (Wildman–Crippen LogP) is 1.22. The van der Waals surface area contributed by atoms with E-state index in [0.29, 0.717) is 12.1 Å². The number of likely N-dealkylation sites (tertiary alicyclic amines) is 1. The highest BCUT2D eigenvalue weighted by atomic mass is 16.5. The summed E-state index contributed by atoms with van der Waals surface area (Å²) < 4.78 is 6.54. The fourth-order valence-electron chi connectivity index (χ4n) is 6.50. The molecule has 9 nitrogen and oxygen atoms in total. The number of nitrogens with one attached hydrogen (secondary N) is 2. The molecule has 3 N–H and O–H groups in total. The number of carbonyl (C=O) groups excluding carboxylic acids is 3. The summed E-state index contributed by atoms with van der Waals surface area (Å²) in [5, 5.41) is 15.3. The van der Waals surface area contributed by atoms with Gasteiger partial charge in [0, 0.05) is 38.1 Å². The SMILES string of the molecule is CCN(CC)c1ccc(NC(=O)C2N(CCO)C(=O)[C@@H]3[C@@H](C(=O)NC)[C@]4(C)OC23CC4C)cc1. The number of hydrogen-bond donors (Lipinski definition) is 3. The van der Waals surface area contributed by atoms with E-state index in [4.69, 9.17) is 4.74 Å². The molecule has 3 aliphatic heterocycles. The van der Waals surface area contributed by atoms with Crippen LogP contribution in [-0.4, -0.2) is 78.3 Å². The van der Waals surface area contributed by atoms with Crippen molar-refractivity contribution >= 4 is 29.1 Å². The lowest BCUT2D eigenvalue weighted by molar-refractivity contribution is -0.146. The molecular formula is C25H36N4O5. The first-order valence-electron chi connectivity index (χ1n) is 12.2. The Morgan fingerprint density at radius 1 is 1.21 bits per heavy atom. The summed E-state index contributed by atoms with van der Waals surface area (Å²) in [6.07, 6.45) is 0.494. The van der Waals surface area contributed by atoms with Crippen molar-refractivity contribution in [2.24, 2.45) is 17.8 Å². The molecular weight excluding hydrogens is 436 g/mol. The number of aliphatic hydroxyl groups excluding tert-OH is 1. The van der Waals surface area contributed by atoms with Gasteiger partial charge in [-0.1, -0.05) is 6.92 Å². The minimum atomic E-state index is -1.11. The highest BCUT2D eigenvalue weighted by Gasteiger charge is 2.79. The Hall–Kier alpha value is -2.65. The maximum atomic E-state index is 13.7. The van der Waals surface area contributed by atoms with Crippen molar-refractivity contribution in [1.29, 1.82) is 0 Å². The first-order valence-corrected chi connectivity index (χ1v) is 12.2. The van der Waals surface area contributed by atoms with Crippen LogP contribution < -0.4 is 15.5 Å². The minimum absolute atomic E-state index is 0.00495.